The van der Waals surface area contributed by atoms with Gasteiger partial charge >= 0.3 is 0 Å². The van der Waals surface area contributed by atoms with Crippen molar-refractivity contribution in [2.24, 2.45) is 0 Å². The zero-order valence-corrected chi connectivity index (χ0v) is 9.96. The van der Waals surface area contributed by atoms with Gasteiger partial charge in [-0.3, -0.25) is 0 Å². The van der Waals surface area contributed by atoms with E-state index >= 15 is 0 Å². The summed E-state index contributed by atoms with van der Waals surface area (Å²) >= 11 is 0. The van der Waals surface area contributed by atoms with E-state index in [1.54, 1.807) is 25.4 Å². The van der Waals surface area contributed by atoms with Gasteiger partial charge in [-0.05, 0) is 23.8 Å². The van der Waals surface area contributed by atoms with E-state index < -0.39 is 0 Å². The minimum Gasteiger partial charge on any atom is -0.497 e. The Balaban J connectivity index is 2.04. The van der Waals surface area contributed by atoms with Crippen LogP contribution in [0.4, 0.5) is 0 Å². The lowest BCUT2D eigenvalue weighted by Gasteiger charge is -2.06. The van der Waals surface area contributed by atoms with Crippen molar-refractivity contribution in [3.8, 4) is 17.7 Å². The number of pyridine rings is 1. The number of nitriles is 1. The first-order valence-corrected chi connectivity index (χ1v) is 5.43. The molecule has 0 atom stereocenters. The molecule has 0 radical (unpaired) electrons. The van der Waals surface area contributed by atoms with Gasteiger partial charge in [0.15, 0.2) is 0 Å². The van der Waals surface area contributed by atoms with Crippen LogP contribution in [0.5, 0.6) is 11.6 Å². The predicted octanol–water partition coefficient (Wildman–Crippen LogP) is 2.54. The van der Waals surface area contributed by atoms with Gasteiger partial charge in [0.1, 0.15) is 12.4 Å². The van der Waals surface area contributed by atoms with Gasteiger partial charge < -0.3 is 9.47 Å². The molecule has 0 saturated heterocycles. The van der Waals surface area contributed by atoms with Crippen molar-refractivity contribution in [3.05, 3.63) is 53.7 Å². The summed E-state index contributed by atoms with van der Waals surface area (Å²) < 4.78 is 10.6. The molecular formula is C14H12N2O2. The number of methoxy groups -OCH3 is 1. The average molecular weight is 240 g/mol. The van der Waals surface area contributed by atoms with Crippen LogP contribution in [0.3, 0.4) is 0 Å². The molecule has 0 aliphatic rings. The van der Waals surface area contributed by atoms with Crippen molar-refractivity contribution in [1.82, 2.24) is 4.98 Å². The van der Waals surface area contributed by atoms with Gasteiger partial charge in [0.2, 0.25) is 5.88 Å². The predicted molar refractivity (Wildman–Crippen MR) is 66.3 cm³/mol. The van der Waals surface area contributed by atoms with Gasteiger partial charge in [-0.2, -0.15) is 5.26 Å². The molecule has 0 saturated carbocycles. The summed E-state index contributed by atoms with van der Waals surface area (Å²) in [7, 11) is 1.62. The Bertz CT molecular complexity index is 576. The largest absolute Gasteiger partial charge is 0.497 e. The van der Waals surface area contributed by atoms with Crippen molar-refractivity contribution in [1.29, 1.82) is 5.26 Å². The molecule has 0 aliphatic heterocycles. The second kappa shape index (κ2) is 5.69. The van der Waals surface area contributed by atoms with Crippen LogP contribution in [0.1, 0.15) is 11.1 Å². The van der Waals surface area contributed by atoms with Crippen molar-refractivity contribution in [3.63, 3.8) is 0 Å². The summed E-state index contributed by atoms with van der Waals surface area (Å²) in [6, 6.07) is 12.9. The number of ether oxygens (including phenoxy) is 2. The van der Waals surface area contributed by atoms with Crippen molar-refractivity contribution >= 4 is 0 Å². The number of benzene rings is 1. The molecule has 1 heterocycles. The Hall–Kier alpha value is -2.54. The molecule has 0 N–H and O–H groups in total. The van der Waals surface area contributed by atoms with Gasteiger partial charge in [-0.25, -0.2) is 4.98 Å². The van der Waals surface area contributed by atoms with Gasteiger partial charge in [-0.1, -0.05) is 12.1 Å². The molecule has 90 valence electrons. The zero-order valence-electron chi connectivity index (χ0n) is 9.96. The lowest BCUT2D eigenvalue weighted by atomic mass is 10.2. The lowest BCUT2D eigenvalue weighted by Crippen LogP contribution is -1.97. The first-order valence-electron chi connectivity index (χ1n) is 5.43. The van der Waals surface area contributed by atoms with Crippen LogP contribution in [0.25, 0.3) is 0 Å². The fourth-order valence-electron chi connectivity index (χ4n) is 1.48. The summed E-state index contributed by atoms with van der Waals surface area (Å²) in [5.74, 6) is 1.23. The Kier molecular flexibility index (Phi) is 3.77. The molecule has 1 aromatic heterocycles. The molecule has 0 spiro atoms. The first kappa shape index (κ1) is 11.9. The Morgan fingerprint density at radius 3 is 2.94 bits per heavy atom. The highest BCUT2D eigenvalue weighted by Crippen LogP contribution is 2.15. The normalized spacial score (nSPS) is 9.56. The highest BCUT2D eigenvalue weighted by Gasteiger charge is 2.00. The number of nitrogens with zero attached hydrogens (tertiary/aromatic N) is 2. The quantitative estimate of drug-likeness (QED) is 0.824. The smallest absolute Gasteiger partial charge is 0.214 e. The average Bonchev–Trinajstić information content (AvgIpc) is 2.45. The maximum absolute atomic E-state index is 8.77. The molecule has 0 fully saturated rings. The molecule has 0 aliphatic carbocycles. The number of rotatable bonds is 4. The van der Waals surface area contributed by atoms with E-state index in [0.717, 1.165) is 11.3 Å². The summed E-state index contributed by atoms with van der Waals surface area (Å²) in [6.45, 7) is 0.388. The van der Waals surface area contributed by atoms with Crippen LogP contribution in [-0.2, 0) is 6.61 Å². The summed E-state index contributed by atoms with van der Waals surface area (Å²) in [5.41, 5.74) is 1.52. The molecule has 0 bridgehead atoms. The van der Waals surface area contributed by atoms with Crippen molar-refractivity contribution in [2.75, 3.05) is 7.11 Å². The third kappa shape index (κ3) is 2.98. The monoisotopic (exact) mass is 240 g/mol. The van der Waals surface area contributed by atoms with Crippen LogP contribution in [0, 0.1) is 11.3 Å². The molecule has 18 heavy (non-hydrogen) atoms. The minimum atomic E-state index is 0.388. The van der Waals surface area contributed by atoms with Crippen LogP contribution < -0.4 is 9.47 Å². The maximum atomic E-state index is 8.77. The molecule has 1 aromatic carbocycles. The Morgan fingerprint density at radius 2 is 2.17 bits per heavy atom. The molecule has 0 unspecified atom stereocenters. The third-order valence-corrected chi connectivity index (χ3v) is 2.38. The fourth-order valence-corrected chi connectivity index (χ4v) is 1.48. The Labute approximate surface area is 105 Å². The third-order valence-electron chi connectivity index (χ3n) is 2.38. The van der Waals surface area contributed by atoms with E-state index in [-0.39, 0.29) is 0 Å². The van der Waals surface area contributed by atoms with E-state index in [1.165, 1.54) is 0 Å². The van der Waals surface area contributed by atoms with Gasteiger partial charge in [0.25, 0.3) is 0 Å². The Morgan fingerprint density at radius 1 is 1.28 bits per heavy atom. The van der Waals surface area contributed by atoms with E-state index in [4.69, 9.17) is 14.7 Å². The van der Waals surface area contributed by atoms with Gasteiger partial charge in [0, 0.05) is 12.3 Å². The molecule has 4 heteroatoms. The molecule has 4 nitrogen and oxygen atoms in total. The van der Waals surface area contributed by atoms with Crippen molar-refractivity contribution in [2.45, 2.75) is 6.61 Å². The van der Waals surface area contributed by atoms with E-state index in [2.05, 4.69) is 4.98 Å². The summed E-state index contributed by atoms with van der Waals surface area (Å²) in [4.78, 5) is 4.04. The minimum absolute atomic E-state index is 0.388. The van der Waals surface area contributed by atoms with E-state index in [0.29, 0.717) is 18.1 Å². The van der Waals surface area contributed by atoms with Gasteiger partial charge in [0.05, 0.1) is 18.7 Å². The highest BCUT2D eigenvalue weighted by molar-refractivity contribution is 5.32. The second-order valence-corrected chi connectivity index (χ2v) is 3.63. The highest BCUT2D eigenvalue weighted by atomic mass is 16.5. The maximum Gasteiger partial charge on any atom is 0.214 e. The number of hydrogen-bond donors (Lipinski definition) is 0. The van der Waals surface area contributed by atoms with Gasteiger partial charge in [-0.15, -0.1) is 0 Å². The zero-order chi connectivity index (χ0) is 12.8. The molecule has 0 amide bonds. The SMILES string of the molecule is COc1cccc(COc2cc(C#N)ccn2)c1. The van der Waals surface area contributed by atoms with Crippen LogP contribution in [0.15, 0.2) is 42.6 Å². The first-order chi connectivity index (χ1) is 8.81. The number of hydrogen-bond acceptors (Lipinski definition) is 4. The van der Waals surface area contributed by atoms with E-state index in [9.17, 15) is 0 Å². The number of aromatic nitrogens is 1. The van der Waals surface area contributed by atoms with Crippen LogP contribution in [0.2, 0.25) is 0 Å². The van der Waals surface area contributed by atoms with E-state index in [1.807, 2.05) is 30.3 Å². The molecular weight excluding hydrogens is 228 g/mol. The second-order valence-electron chi connectivity index (χ2n) is 3.63. The summed E-state index contributed by atoms with van der Waals surface area (Å²) in [6.07, 6.45) is 1.56. The van der Waals surface area contributed by atoms with Crippen molar-refractivity contribution < 1.29 is 9.47 Å². The molecule has 2 aromatic rings. The van der Waals surface area contributed by atoms with Crippen LogP contribution >= 0.6 is 0 Å². The molecule has 2 rings (SSSR count). The topological polar surface area (TPSA) is 55.1 Å². The standard InChI is InChI=1S/C14H12N2O2/c1-17-13-4-2-3-12(7-13)10-18-14-8-11(9-15)5-6-16-14/h2-8H,10H2,1H3. The summed E-state index contributed by atoms with van der Waals surface area (Å²) in [5, 5.41) is 8.77. The lowest BCUT2D eigenvalue weighted by molar-refractivity contribution is 0.293. The van der Waals surface area contributed by atoms with Crippen LogP contribution in [-0.4, -0.2) is 12.1 Å². The fraction of sp³-hybridized carbons (Fsp3) is 0.143.